The van der Waals surface area contributed by atoms with Gasteiger partial charge in [0.15, 0.2) is 0 Å². The van der Waals surface area contributed by atoms with Crippen molar-refractivity contribution >= 4 is 17.4 Å². The monoisotopic (exact) mass is 355 g/mol. The minimum Gasteiger partial charge on any atom is -0.388 e. The number of nitrogens with zero attached hydrogens (tertiary/aromatic N) is 2. The molecular formula is C19H21N3O4. The first-order chi connectivity index (χ1) is 12.5. The SMILES string of the molecule is O=C(Nc1cccc([N+](=O)[O-])c1)N1CCC([C@@H](O)c2ccccc2)CC1. The molecule has 3 rings (SSSR count). The average molecular weight is 355 g/mol. The molecule has 2 amide bonds. The van der Waals surface area contributed by atoms with Gasteiger partial charge in [-0.15, -0.1) is 0 Å². The summed E-state index contributed by atoms with van der Waals surface area (Å²) >= 11 is 0. The zero-order valence-electron chi connectivity index (χ0n) is 14.2. The number of nitro groups is 1. The van der Waals surface area contributed by atoms with Crippen molar-refractivity contribution in [1.82, 2.24) is 4.90 Å². The van der Waals surface area contributed by atoms with Crippen molar-refractivity contribution in [2.24, 2.45) is 5.92 Å². The fraction of sp³-hybridized carbons (Fsp3) is 0.316. The number of anilines is 1. The second kappa shape index (κ2) is 7.97. The molecular weight excluding hydrogens is 334 g/mol. The van der Waals surface area contributed by atoms with E-state index in [2.05, 4.69) is 5.32 Å². The molecule has 136 valence electrons. The van der Waals surface area contributed by atoms with Crippen LogP contribution >= 0.6 is 0 Å². The molecule has 1 atom stereocenters. The normalized spacial score (nSPS) is 16.1. The number of nitro benzene ring substituents is 1. The van der Waals surface area contributed by atoms with Gasteiger partial charge in [-0.25, -0.2) is 4.79 Å². The Kier molecular flexibility index (Phi) is 5.48. The van der Waals surface area contributed by atoms with Crippen LogP contribution in [-0.2, 0) is 0 Å². The van der Waals surface area contributed by atoms with Crippen LogP contribution < -0.4 is 5.32 Å². The Labute approximate surface area is 151 Å². The van der Waals surface area contributed by atoms with Crippen LogP contribution in [0.4, 0.5) is 16.2 Å². The predicted molar refractivity (Wildman–Crippen MR) is 97.8 cm³/mol. The summed E-state index contributed by atoms with van der Waals surface area (Å²) in [5, 5.41) is 24.0. The lowest BCUT2D eigenvalue weighted by atomic mass is 9.87. The Balaban J connectivity index is 1.55. The third-order valence-electron chi connectivity index (χ3n) is 4.72. The van der Waals surface area contributed by atoms with Crippen molar-refractivity contribution in [3.63, 3.8) is 0 Å². The first-order valence-electron chi connectivity index (χ1n) is 8.58. The Bertz CT molecular complexity index is 773. The molecule has 7 heteroatoms. The molecule has 1 saturated heterocycles. The fourth-order valence-electron chi connectivity index (χ4n) is 3.24. The molecule has 0 spiro atoms. The summed E-state index contributed by atoms with van der Waals surface area (Å²) in [5.74, 6) is 0.110. The van der Waals surface area contributed by atoms with Gasteiger partial charge in [-0.3, -0.25) is 10.1 Å². The maximum Gasteiger partial charge on any atom is 0.321 e. The Morgan fingerprint density at radius 2 is 1.85 bits per heavy atom. The highest BCUT2D eigenvalue weighted by molar-refractivity contribution is 5.89. The molecule has 2 aromatic carbocycles. The third kappa shape index (κ3) is 4.18. The minimum absolute atomic E-state index is 0.0625. The van der Waals surface area contributed by atoms with Crippen molar-refractivity contribution in [2.45, 2.75) is 18.9 Å². The van der Waals surface area contributed by atoms with E-state index in [1.165, 1.54) is 18.2 Å². The van der Waals surface area contributed by atoms with Gasteiger partial charge < -0.3 is 15.3 Å². The lowest BCUT2D eigenvalue weighted by Gasteiger charge is -2.34. The van der Waals surface area contributed by atoms with E-state index in [9.17, 15) is 20.0 Å². The lowest BCUT2D eigenvalue weighted by molar-refractivity contribution is -0.384. The van der Waals surface area contributed by atoms with E-state index in [1.54, 1.807) is 11.0 Å². The zero-order chi connectivity index (χ0) is 18.5. The number of likely N-dealkylation sites (tertiary alicyclic amines) is 1. The van der Waals surface area contributed by atoms with Crippen molar-refractivity contribution in [3.8, 4) is 0 Å². The summed E-state index contributed by atoms with van der Waals surface area (Å²) < 4.78 is 0. The van der Waals surface area contributed by atoms with Crippen LogP contribution in [0.25, 0.3) is 0 Å². The topological polar surface area (TPSA) is 95.7 Å². The molecule has 1 fully saturated rings. The van der Waals surface area contributed by atoms with Gasteiger partial charge in [-0.05, 0) is 30.4 Å². The van der Waals surface area contributed by atoms with E-state index in [1.807, 2.05) is 30.3 Å². The summed E-state index contributed by atoms with van der Waals surface area (Å²) in [5.41, 5.74) is 1.23. The Morgan fingerprint density at radius 1 is 1.15 bits per heavy atom. The van der Waals surface area contributed by atoms with Crippen LogP contribution in [0.1, 0.15) is 24.5 Å². The quantitative estimate of drug-likeness (QED) is 0.647. The number of hydrogen-bond acceptors (Lipinski definition) is 4. The lowest BCUT2D eigenvalue weighted by Crippen LogP contribution is -2.42. The second-order valence-electron chi connectivity index (χ2n) is 6.42. The standard InChI is InChI=1S/C19H21N3O4/c23-18(14-5-2-1-3-6-14)15-9-11-21(12-10-15)19(24)20-16-7-4-8-17(13-16)22(25)26/h1-8,13,15,18,23H,9-12H2,(H,20,24)/t18-/m0/s1. The molecule has 1 aliphatic rings. The largest absolute Gasteiger partial charge is 0.388 e. The van der Waals surface area contributed by atoms with Gasteiger partial charge in [-0.2, -0.15) is 0 Å². The Morgan fingerprint density at radius 3 is 2.50 bits per heavy atom. The van der Waals surface area contributed by atoms with Crippen LogP contribution in [0.2, 0.25) is 0 Å². The van der Waals surface area contributed by atoms with E-state index in [0.29, 0.717) is 31.6 Å². The number of nitrogens with one attached hydrogen (secondary N) is 1. The van der Waals surface area contributed by atoms with Crippen LogP contribution in [-0.4, -0.2) is 34.1 Å². The summed E-state index contributed by atoms with van der Waals surface area (Å²) in [7, 11) is 0. The highest BCUT2D eigenvalue weighted by atomic mass is 16.6. The van der Waals surface area contributed by atoms with E-state index in [-0.39, 0.29) is 17.6 Å². The number of urea groups is 1. The number of amides is 2. The molecule has 1 aliphatic heterocycles. The van der Waals surface area contributed by atoms with Crippen molar-refractivity contribution in [2.75, 3.05) is 18.4 Å². The van der Waals surface area contributed by atoms with Gasteiger partial charge >= 0.3 is 6.03 Å². The highest BCUT2D eigenvalue weighted by Gasteiger charge is 2.28. The van der Waals surface area contributed by atoms with E-state index in [4.69, 9.17) is 0 Å². The fourth-order valence-corrected chi connectivity index (χ4v) is 3.24. The summed E-state index contributed by atoms with van der Waals surface area (Å²) in [6.45, 7) is 1.07. The van der Waals surface area contributed by atoms with Crippen molar-refractivity contribution in [1.29, 1.82) is 0 Å². The third-order valence-corrected chi connectivity index (χ3v) is 4.72. The van der Waals surface area contributed by atoms with Gasteiger partial charge in [0.05, 0.1) is 11.0 Å². The second-order valence-corrected chi connectivity index (χ2v) is 6.42. The van der Waals surface area contributed by atoms with Gasteiger partial charge in [0.2, 0.25) is 0 Å². The molecule has 7 nitrogen and oxygen atoms in total. The smallest absolute Gasteiger partial charge is 0.321 e. The van der Waals surface area contributed by atoms with E-state index >= 15 is 0 Å². The number of carbonyl (C=O) groups is 1. The van der Waals surface area contributed by atoms with Crippen LogP contribution in [0.5, 0.6) is 0 Å². The number of aliphatic hydroxyl groups is 1. The molecule has 0 saturated carbocycles. The minimum atomic E-state index is -0.529. The highest BCUT2D eigenvalue weighted by Crippen LogP contribution is 2.30. The maximum absolute atomic E-state index is 12.4. The predicted octanol–water partition coefficient (Wildman–Crippen LogP) is 3.57. The Hall–Kier alpha value is -2.93. The molecule has 2 N–H and O–H groups in total. The van der Waals surface area contributed by atoms with E-state index < -0.39 is 11.0 Å². The van der Waals surface area contributed by atoms with Crippen LogP contribution in [0.15, 0.2) is 54.6 Å². The molecule has 26 heavy (non-hydrogen) atoms. The van der Waals surface area contributed by atoms with Crippen molar-refractivity contribution < 1.29 is 14.8 Å². The van der Waals surface area contributed by atoms with Gasteiger partial charge in [0, 0.05) is 30.9 Å². The number of benzene rings is 2. The number of piperidine rings is 1. The first kappa shape index (κ1) is 17.9. The van der Waals surface area contributed by atoms with Crippen LogP contribution in [0.3, 0.4) is 0 Å². The molecule has 0 unspecified atom stereocenters. The number of non-ortho nitro benzene ring substituents is 1. The number of hydrogen-bond donors (Lipinski definition) is 2. The zero-order valence-corrected chi connectivity index (χ0v) is 14.2. The first-order valence-corrected chi connectivity index (χ1v) is 8.58. The molecule has 0 bridgehead atoms. The summed E-state index contributed by atoms with van der Waals surface area (Å²) in [6, 6.07) is 15.1. The average Bonchev–Trinajstić information content (AvgIpc) is 2.68. The van der Waals surface area contributed by atoms with Gasteiger partial charge in [0.1, 0.15) is 0 Å². The summed E-state index contributed by atoms with van der Waals surface area (Å²) in [6.07, 6.45) is 0.884. The van der Waals surface area contributed by atoms with E-state index in [0.717, 1.165) is 5.56 Å². The number of aliphatic hydroxyl groups excluding tert-OH is 1. The van der Waals surface area contributed by atoms with Crippen LogP contribution in [0, 0.1) is 16.0 Å². The molecule has 0 radical (unpaired) electrons. The molecule has 0 aromatic heterocycles. The van der Waals surface area contributed by atoms with Gasteiger partial charge in [0.25, 0.3) is 5.69 Å². The molecule has 1 heterocycles. The van der Waals surface area contributed by atoms with Crippen molar-refractivity contribution in [3.05, 3.63) is 70.3 Å². The number of carbonyl (C=O) groups excluding carboxylic acids is 1. The van der Waals surface area contributed by atoms with Gasteiger partial charge in [-0.1, -0.05) is 36.4 Å². The number of rotatable bonds is 4. The molecule has 0 aliphatic carbocycles. The maximum atomic E-state index is 12.4. The summed E-state index contributed by atoms with van der Waals surface area (Å²) in [4.78, 5) is 24.4. The molecule has 2 aromatic rings.